The van der Waals surface area contributed by atoms with Gasteiger partial charge in [-0.3, -0.25) is 14.7 Å². The third-order valence-corrected chi connectivity index (χ3v) is 4.81. The van der Waals surface area contributed by atoms with Crippen molar-refractivity contribution >= 4 is 17.6 Å². The predicted molar refractivity (Wildman–Crippen MR) is 120 cm³/mol. The molecular weight excluding hydrogens is 412 g/mol. The third-order valence-electron chi connectivity index (χ3n) is 4.81. The van der Waals surface area contributed by atoms with Crippen molar-refractivity contribution in [1.29, 1.82) is 0 Å². The molecule has 3 rings (SSSR count). The molecule has 0 aliphatic carbocycles. The summed E-state index contributed by atoms with van der Waals surface area (Å²) < 4.78 is 21.6. The maximum Gasteiger partial charge on any atom is 0.412 e. The first kappa shape index (κ1) is 23.1. The third kappa shape index (κ3) is 4.85. The number of carbonyl (C=O) groups excluding carboxylic acids is 2. The molecule has 0 saturated carbocycles. The Morgan fingerprint density at radius 1 is 0.969 bits per heavy atom. The summed E-state index contributed by atoms with van der Waals surface area (Å²) >= 11 is 0. The molecule has 170 valence electrons. The summed E-state index contributed by atoms with van der Waals surface area (Å²) in [6, 6.07) is 12.5. The van der Waals surface area contributed by atoms with E-state index >= 15 is 0 Å². The number of aliphatic imine (C=N–C) groups is 1. The van der Waals surface area contributed by atoms with Crippen molar-refractivity contribution in [3.63, 3.8) is 0 Å². The second-order valence-corrected chi connectivity index (χ2v) is 8.21. The molecule has 2 aromatic rings. The van der Waals surface area contributed by atoms with Gasteiger partial charge < -0.3 is 18.9 Å². The van der Waals surface area contributed by atoms with Crippen LogP contribution in [0.1, 0.15) is 42.9 Å². The highest BCUT2D eigenvalue weighted by atomic mass is 16.6. The highest BCUT2D eigenvalue weighted by Crippen LogP contribution is 2.39. The second kappa shape index (κ2) is 9.30. The molecule has 8 heteroatoms. The van der Waals surface area contributed by atoms with Crippen molar-refractivity contribution in [1.82, 2.24) is 4.90 Å². The Hall–Kier alpha value is -3.55. The van der Waals surface area contributed by atoms with Gasteiger partial charge in [0.1, 0.15) is 11.3 Å². The summed E-state index contributed by atoms with van der Waals surface area (Å²) in [5, 5.41) is 0. The van der Waals surface area contributed by atoms with E-state index in [1.54, 1.807) is 32.9 Å². The lowest BCUT2D eigenvalue weighted by Gasteiger charge is -2.27. The van der Waals surface area contributed by atoms with Crippen LogP contribution >= 0.6 is 0 Å². The average molecular weight is 440 g/mol. The van der Waals surface area contributed by atoms with E-state index in [0.717, 1.165) is 5.56 Å². The number of ether oxygens (including phenoxy) is 4. The molecule has 1 amide bonds. The molecule has 0 saturated heterocycles. The van der Waals surface area contributed by atoms with Gasteiger partial charge in [-0.2, -0.15) is 0 Å². The van der Waals surface area contributed by atoms with Crippen molar-refractivity contribution < 1.29 is 28.5 Å². The molecular formula is C24H28N2O6. The van der Waals surface area contributed by atoms with Crippen LogP contribution in [0.3, 0.4) is 0 Å². The van der Waals surface area contributed by atoms with Gasteiger partial charge in [0.25, 0.3) is 0 Å². The molecule has 0 bridgehead atoms. The lowest BCUT2D eigenvalue weighted by Crippen LogP contribution is -2.38. The van der Waals surface area contributed by atoms with Crippen LogP contribution in [0.25, 0.3) is 0 Å². The van der Waals surface area contributed by atoms with Crippen molar-refractivity contribution in [2.75, 3.05) is 27.9 Å². The van der Waals surface area contributed by atoms with Crippen LogP contribution in [0, 0.1) is 0 Å². The van der Waals surface area contributed by atoms with Crippen LogP contribution in [-0.2, 0) is 4.74 Å². The number of ketones is 1. The van der Waals surface area contributed by atoms with Crippen molar-refractivity contribution in [2.24, 2.45) is 4.99 Å². The Balaban J connectivity index is 1.98. The van der Waals surface area contributed by atoms with Gasteiger partial charge >= 0.3 is 6.09 Å². The molecule has 0 radical (unpaired) electrons. The zero-order valence-corrected chi connectivity index (χ0v) is 19.2. The number of Topliss-reactive ketones (excluding diaryl/α,β-unsaturated/α-hetero) is 1. The first-order valence-electron chi connectivity index (χ1n) is 10.1. The SMILES string of the molecule is COc1cc(C(=O)C2=NC(c3ccccc3)N(C(=O)OC(C)(C)C)C2)cc(OC)c1OC. The maximum absolute atomic E-state index is 13.4. The smallest absolute Gasteiger partial charge is 0.412 e. The van der Waals surface area contributed by atoms with Crippen molar-refractivity contribution in [3.05, 3.63) is 53.6 Å². The number of nitrogens with zero attached hydrogens (tertiary/aromatic N) is 2. The van der Waals surface area contributed by atoms with E-state index in [4.69, 9.17) is 18.9 Å². The van der Waals surface area contributed by atoms with Gasteiger partial charge in [-0.25, -0.2) is 4.79 Å². The van der Waals surface area contributed by atoms with Gasteiger partial charge in [0.15, 0.2) is 17.7 Å². The van der Waals surface area contributed by atoms with Crippen LogP contribution in [-0.4, -0.2) is 56.0 Å². The van der Waals surface area contributed by atoms with E-state index in [9.17, 15) is 9.59 Å². The Morgan fingerprint density at radius 2 is 1.56 bits per heavy atom. The fourth-order valence-corrected chi connectivity index (χ4v) is 3.38. The van der Waals surface area contributed by atoms with Crippen molar-refractivity contribution in [3.8, 4) is 17.2 Å². The average Bonchev–Trinajstić information content (AvgIpc) is 3.22. The van der Waals surface area contributed by atoms with Gasteiger partial charge in [-0.1, -0.05) is 30.3 Å². The molecule has 0 aromatic heterocycles. The lowest BCUT2D eigenvalue weighted by atomic mass is 10.1. The molecule has 8 nitrogen and oxygen atoms in total. The molecule has 1 unspecified atom stereocenters. The number of methoxy groups -OCH3 is 3. The Labute approximate surface area is 187 Å². The fraction of sp³-hybridized carbons (Fsp3) is 0.375. The lowest BCUT2D eigenvalue weighted by molar-refractivity contribution is 0.0223. The molecule has 2 aromatic carbocycles. The normalized spacial score (nSPS) is 15.8. The molecule has 1 atom stereocenters. The minimum absolute atomic E-state index is 0.0178. The Kier molecular flexibility index (Phi) is 6.72. The number of rotatable bonds is 6. The number of carbonyl (C=O) groups is 2. The van der Waals surface area contributed by atoms with Crippen LogP contribution in [0.15, 0.2) is 47.5 Å². The number of amides is 1. The summed E-state index contributed by atoms with van der Waals surface area (Å²) in [5.74, 6) is 0.767. The maximum atomic E-state index is 13.4. The first-order chi connectivity index (χ1) is 15.2. The van der Waals surface area contributed by atoms with E-state index < -0.39 is 17.9 Å². The summed E-state index contributed by atoms with van der Waals surface area (Å²) in [7, 11) is 4.45. The van der Waals surface area contributed by atoms with E-state index in [-0.39, 0.29) is 18.0 Å². The van der Waals surface area contributed by atoms with Crippen LogP contribution in [0.2, 0.25) is 0 Å². The van der Waals surface area contributed by atoms with Gasteiger partial charge in [-0.15, -0.1) is 0 Å². The molecule has 1 aliphatic heterocycles. The monoisotopic (exact) mass is 440 g/mol. The highest BCUT2D eigenvalue weighted by Gasteiger charge is 2.37. The highest BCUT2D eigenvalue weighted by molar-refractivity contribution is 6.47. The van der Waals surface area contributed by atoms with Crippen molar-refractivity contribution in [2.45, 2.75) is 32.5 Å². The van der Waals surface area contributed by atoms with Gasteiger partial charge in [0.05, 0.1) is 27.9 Å². The summed E-state index contributed by atoms with van der Waals surface area (Å²) in [6.45, 7) is 5.40. The van der Waals surface area contributed by atoms with E-state index in [1.165, 1.54) is 26.2 Å². The standard InChI is InChI=1S/C24H28N2O6/c1-24(2,3)32-23(28)26-14-17(25-22(26)15-10-8-7-9-11-15)20(27)16-12-18(29-4)21(31-6)19(13-16)30-5/h7-13,22H,14H2,1-6H3. The van der Waals surface area contributed by atoms with Gasteiger partial charge in [-0.05, 0) is 38.5 Å². The molecule has 1 heterocycles. The molecule has 32 heavy (non-hydrogen) atoms. The summed E-state index contributed by atoms with van der Waals surface area (Å²) in [5.41, 5.74) is 0.656. The molecule has 0 fully saturated rings. The number of hydrogen-bond acceptors (Lipinski definition) is 7. The van der Waals surface area contributed by atoms with Crippen LogP contribution < -0.4 is 14.2 Å². The largest absolute Gasteiger partial charge is 0.493 e. The Bertz CT molecular complexity index is 1000. The molecule has 0 N–H and O–H groups in total. The predicted octanol–water partition coefficient (Wildman–Crippen LogP) is 4.29. The Morgan fingerprint density at radius 3 is 2.06 bits per heavy atom. The van der Waals surface area contributed by atoms with Crippen LogP contribution in [0.5, 0.6) is 17.2 Å². The van der Waals surface area contributed by atoms with Gasteiger partial charge in [0.2, 0.25) is 11.5 Å². The molecule has 0 spiro atoms. The minimum Gasteiger partial charge on any atom is -0.493 e. The molecule has 1 aliphatic rings. The van der Waals surface area contributed by atoms with Gasteiger partial charge in [0, 0.05) is 5.56 Å². The zero-order valence-electron chi connectivity index (χ0n) is 19.2. The summed E-state index contributed by atoms with van der Waals surface area (Å²) in [6.07, 6.45) is -1.20. The summed E-state index contributed by atoms with van der Waals surface area (Å²) in [4.78, 5) is 32.3. The quantitative estimate of drug-likeness (QED) is 0.623. The van der Waals surface area contributed by atoms with E-state index in [1.807, 2.05) is 30.3 Å². The topological polar surface area (TPSA) is 86.7 Å². The zero-order chi connectivity index (χ0) is 23.5. The minimum atomic E-state index is -0.679. The van der Waals surface area contributed by atoms with E-state index in [2.05, 4.69) is 4.99 Å². The van der Waals surface area contributed by atoms with Crippen LogP contribution in [0.4, 0.5) is 4.79 Å². The van der Waals surface area contributed by atoms with E-state index in [0.29, 0.717) is 22.8 Å². The number of benzene rings is 2. The fourth-order valence-electron chi connectivity index (χ4n) is 3.38. The number of hydrogen-bond donors (Lipinski definition) is 0. The first-order valence-corrected chi connectivity index (χ1v) is 10.1. The second-order valence-electron chi connectivity index (χ2n) is 8.21.